The highest BCUT2D eigenvalue weighted by Gasteiger charge is 2.11. The number of rotatable bonds is 0. The van der Waals surface area contributed by atoms with Crippen LogP contribution in [0.3, 0.4) is 0 Å². The third-order valence-corrected chi connectivity index (χ3v) is 2.07. The van der Waals surface area contributed by atoms with Crippen molar-refractivity contribution in [3.05, 3.63) is 11.6 Å². The minimum absolute atomic E-state index is 0.799. The van der Waals surface area contributed by atoms with Gasteiger partial charge in [-0.25, -0.2) is 0 Å². The molecule has 0 amide bonds. The largest absolute Gasteiger partial charge is 0.193 e. The molecule has 1 unspecified atom stereocenters. The Labute approximate surface area is 62.4 Å². The molecular weight excluding hydrogens is 122 g/mol. The average molecular weight is 135 g/mol. The molecule has 0 aliphatic heterocycles. The molecule has 1 rings (SSSR count). The fraction of sp³-hybridized carbons (Fsp3) is 0.667. The highest BCUT2D eigenvalue weighted by molar-refractivity contribution is 5.15. The van der Waals surface area contributed by atoms with Gasteiger partial charge < -0.3 is 0 Å². The first-order valence-electron chi connectivity index (χ1n) is 3.90. The maximum absolute atomic E-state index is 8.38. The first-order valence-corrected chi connectivity index (χ1v) is 3.90. The quantitative estimate of drug-likeness (QED) is 0.468. The second-order valence-electron chi connectivity index (χ2n) is 3.13. The molecule has 0 spiro atoms. The zero-order valence-corrected chi connectivity index (χ0v) is 6.43. The van der Waals surface area contributed by atoms with Crippen molar-refractivity contribution in [2.45, 2.75) is 32.6 Å². The second-order valence-corrected chi connectivity index (χ2v) is 3.13. The van der Waals surface area contributed by atoms with Gasteiger partial charge in [-0.1, -0.05) is 18.9 Å². The van der Waals surface area contributed by atoms with Gasteiger partial charge in [0.15, 0.2) is 0 Å². The van der Waals surface area contributed by atoms with Gasteiger partial charge in [-0.15, -0.1) is 0 Å². The molecule has 0 bridgehead atoms. The summed E-state index contributed by atoms with van der Waals surface area (Å²) >= 11 is 0. The van der Waals surface area contributed by atoms with Crippen molar-refractivity contribution < 1.29 is 0 Å². The third kappa shape index (κ3) is 1.88. The van der Waals surface area contributed by atoms with E-state index in [0.29, 0.717) is 0 Å². The summed E-state index contributed by atoms with van der Waals surface area (Å²) in [6.07, 6.45) is 6.62. The lowest BCUT2D eigenvalue weighted by Gasteiger charge is -2.19. The summed E-state index contributed by atoms with van der Waals surface area (Å²) in [5.74, 6) is 0.799. The smallest absolute Gasteiger partial charge is 0.0911 e. The van der Waals surface area contributed by atoms with E-state index in [4.69, 9.17) is 5.26 Å². The van der Waals surface area contributed by atoms with E-state index < -0.39 is 0 Å². The highest BCUT2D eigenvalue weighted by Crippen LogP contribution is 2.27. The van der Waals surface area contributed by atoms with Crippen molar-refractivity contribution in [2.24, 2.45) is 5.92 Å². The van der Waals surface area contributed by atoms with Crippen LogP contribution in [-0.2, 0) is 0 Å². The maximum atomic E-state index is 8.38. The molecule has 0 aromatic carbocycles. The normalized spacial score (nSPS) is 30.0. The summed E-state index contributed by atoms with van der Waals surface area (Å²) in [5, 5.41) is 8.38. The van der Waals surface area contributed by atoms with Gasteiger partial charge in [0.2, 0.25) is 0 Å². The van der Waals surface area contributed by atoms with Gasteiger partial charge in [-0.3, -0.25) is 0 Å². The van der Waals surface area contributed by atoms with Crippen molar-refractivity contribution in [1.82, 2.24) is 0 Å². The van der Waals surface area contributed by atoms with E-state index in [0.717, 1.165) is 18.8 Å². The fourth-order valence-electron chi connectivity index (χ4n) is 1.55. The third-order valence-electron chi connectivity index (χ3n) is 2.07. The lowest BCUT2D eigenvalue weighted by Crippen LogP contribution is -2.03. The van der Waals surface area contributed by atoms with E-state index in [1.165, 1.54) is 18.4 Å². The van der Waals surface area contributed by atoms with E-state index >= 15 is 0 Å². The zero-order chi connectivity index (χ0) is 7.40. The maximum Gasteiger partial charge on any atom is 0.0911 e. The molecule has 1 heteroatoms. The van der Waals surface area contributed by atoms with Crippen molar-refractivity contribution in [2.75, 3.05) is 0 Å². The van der Waals surface area contributed by atoms with E-state index in [-0.39, 0.29) is 0 Å². The summed E-state index contributed by atoms with van der Waals surface area (Å²) in [6.45, 7) is 2.25. The van der Waals surface area contributed by atoms with Crippen LogP contribution in [-0.4, -0.2) is 0 Å². The van der Waals surface area contributed by atoms with Crippen LogP contribution in [0.1, 0.15) is 32.6 Å². The molecule has 0 radical (unpaired) electrons. The van der Waals surface area contributed by atoms with Gasteiger partial charge >= 0.3 is 0 Å². The number of nitrogens with zero attached hydrogens (tertiary/aromatic N) is 1. The van der Waals surface area contributed by atoms with E-state index in [1.54, 1.807) is 6.08 Å². The fourth-order valence-corrected chi connectivity index (χ4v) is 1.55. The second kappa shape index (κ2) is 3.41. The number of nitriles is 1. The Morgan fingerprint density at radius 1 is 1.70 bits per heavy atom. The summed E-state index contributed by atoms with van der Waals surface area (Å²) in [7, 11) is 0. The molecule has 0 N–H and O–H groups in total. The van der Waals surface area contributed by atoms with Crippen LogP contribution >= 0.6 is 0 Å². The molecule has 1 aliphatic rings. The van der Waals surface area contributed by atoms with Gasteiger partial charge in [0.1, 0.15) is 0 Å². The number of hydrogen-bond acceptors (Lipinski definition) is 1. The number of hydrogen-bond donors (Lipinski definition) is 0. The molecule has 0 heterocycles. The van der Waals surface area contributed by atoms with Crippen LogP contribution in [0.5, 0.6) is 0 Å². The SMILES string of the molecule is CC1CCCC(=CC#N)C1. The Bertz CT molecular complexity index is 174. The van der Waals surface area contributed by atoms with Crippen molar-refractivity contribution >= 4 is 0 Å². The molecule has 1 atom stereocenters. The van der Waals surface area contributed by atoms with Gasteiger partial charge in [-0.2, -0.15) is 5.26 Å². The van der Waals surface area contributed by atoms with E-state index in [9.17, 15) is 0 Å². The van der Waals surface area contributed by atoms with Gasteiger partial charge in [-0.05, 0) is 25.2 Å². The van der Waals surface area contributed by atoms with Crippen molar-refractivity contribution in [1.29, 1.82) is 5.26 Å². The standard InChI is InChI=1S/C9H13N/c1-8-3-2-4-9(7-8)5-6-10/h5,8H,2-4,7H2,1H3. The van der Waals surface area contributed by atoms with E-state index in [1.807, 2.05) is 0 Å². The Morgan fingerprint density at radius 3 is 3.10 bits per heavy atom. The monoisotopic (exact) mass is 135 g/mol. The molecule has 0 aromatic heterocycles. The summed E-state index contributed by atoms with van der Waals surface area (Å²) < 4.78 is 0. The zero-order valence-electron chi connectivity index (χ0n) is 6.43. The molecule has 54 valence electrons. The highest BCUT2D eigenvalue weighted by atomic mass is 14.2. The van der Waals surface area contributed by atoms with Crippen LogP contribution < -0.4 is 0 Å². The molecule has 1 aliphatic carbocycles. The van der Waals surface area contributed by atoms with Gasteiger partial charge in [0.05, 0.1) is 6.07 Å². The Morgan fingerprint density at radius 2 is 2.50 bits per heavy atom. The van der Waals surface area contributed by atoms with Crippen LogP contribution in [0.25, 0.3) is 0 Å². The predicted molar refractivity (Wildman–Crippen MR) is 41.3 cm³/mol. The van der Waals surface area contributed by atoms with Crippen molar-refractivity contribution in [3.63, 3.8) is 0 Å². The van der Waals surface area contributed by atoms with Crippen LogP contribution in [0.2, 0.25) is 0 Å². The lowest BCUT2D eigenvalue weighted by molar-refractivity contribution is 0.453. The van der Waals surface area contributed by atoms with Gasteiger partial charge in [0, 0.05) is 6.08 Å². The van der Waals surface area contributed by atoms with Gasteiger partial charge in [0.25, 0.3) is 0 Å². The lowest BCUT2D eigenvalue weighted by atomic mass is 9.87. The summed E-state index contributed by atoms with van der Waals surface area (Å²) in [6, 6.07) is 2.10. The van der Waals surface area contributed by atoms with Crippen molar-refractivity contribution in [3.8, 4) is 6.07 Å². The number of allylic oxidation sites excluding steroid dienone is 2. The first kappa shape index (κ1) is 7.34. The topological polar surface area (TPSA) is 23.8 Å². The molecule has 1 saturated carbocycles. The molecular formula is C9H13N. The Hall–Kier alpha value is -0.770. The minimum Gasteiger partial charge on any atom is -0.193 e. The molecule has 1 fully saturated rings. The first-order chi connectivity index (χ1) is 4.83. The summed E-state index contributed by atoms with van der Waals surface area (Å²) in [4.78, 5) is 0. The predicted octanol–water partition coefficient (Wildman–Crippen LogP) is 2.65. The molecule has 0 saturated heterocycles. The van der Waals surface area contributed by atoms with Crippen LogP contribution in [0.4, 0.5) is 0 Å². The summed E-state index contributed by atoms with van der Waals surface area (Å²) in [5.41, 5.74) is 1.35. The molecule has 10 heavy (non-hydrogen) atoms. The average Bonchev–Trinajstić information content (AvgIpc) is 1.88. The van der Waals surface area contributed by atoms with Crippen LogP contribution in [0.15, 0.2) is 11.6 Å². The molecule has 1 nitrogen and oxygen atoms in total. The Balaban J connectivity index is 2.49. The van der Waals surface area contributed by atoms with E-state index in [2.05, 4.69) is 13.0 Å². The van der Waals surface area contributed by atoms with Crippen LogP contribution in [0, 0.1) is 17.2 Å². The molecule has 0 aromatic rings. The minimum atomic E-state index is 0.799. The Kier molecular flexibility index (Phi) is 2.50.